The van der Waals surface area contributed by atoms with Gasteiger partial charge in [0.25, 0.3) is 11.8 Å². The SMILES string of the molecule is CC(=O)COCCOCCOCCOc1ccc(N2C(=O)C(Br)=C(Br)C2=O)c(C(F)(F)F)c1. The molecule has 2 amide bonds. The number of halogens is 5. The molecule has 1 aromatic carbocycles. The Hall–Kier alpha value is -1.80. The van der Waals surface area contributed by atoms with Gasteiger partial charge in [-0.1, -0.05) is 0 Å². The number of ether oxygens (including phenoxy) is 4. The smallest absolute Gasteiger partial charge is 0.418 e. The fourth-order valence-electron chi connectivity index (χ4n) is 2.60. The molecular formula is C20H20Br2F3NO7. The second-order valence-corrected chi connectivity index (χ2v) is 8.16. The molecule has 0 N–H and O–H groups in total. The van der Waals surface area contributed by atoms with Crippen LogP contribution in [0.3, 0.4) is 0 Å². The number of benzene rings is 1. The summed E-state index contributed by atoms with van der Waals surface area (Å²) in [5.41, 5.74) is -1.79. The monoisotopic (exact) mass is 601 g/mol. The van der Waals surface area contributed by atoms with Crippen molar-refractivity contribution in [3.8, 4) is 5.75 Å². The Kier molecular flexibility index (Phi) is 10.5. The average molecular weight is 603 g/mol. The maximum absolute atomic E-state index is 13.6. The molecule has 1 heterocycles. The predicted octanol–water partition coefficient (Wildman–Crippen LogP) is 3.60. The number of carbonyl (C=O) groups excluding carboxylic acids is 3. The number of nitrogens with zero attached hydrogens (tertiary/aromatic N) is 1. The van der Waals surface area contributed by atoms with Crippen LogP contribution in [0.4, 0.5) is 18.9 Å². The van der Waals surface area contributed by atoms with Crippen LogP contribution < -0.4 is 9.64 Å². The van der Waals surface area contributed by atoms with E-state index in [1.54, 1.807) is 0 Å². The minimum Gasteiger partial charge on any atom is -0.491 e. The van der Waals surface area contributed by atoms with Crippen molar-refractivity contribution in [1.82, 2.24) is 0 Å². The summed E-state index contributed by atoms with van der Waals surface area (Å²) in [4.78, 5) is 35.6. The van der Waals surface area contributed by atoms with Crippen LogP contribution in [-0.2, 0) is 34.8 Å². The van der Waals surface area contributed by atoms with Crippen molar-refractivity contribution in [2.45, 2.75) is 13.1 Å². The maximum Gasteiger partial charge on any atom is 0.418 e. The number of Topliss-reactive ketones (excluding diaryl/α,β-unsaturated/α-hetero) is 1. The van der Waals surface area contributed by atoms with Crippen molar-refractivity contribution in [3.63, 3.8) is 0 Å². The van der Waals surface area contributed by atoms with E-state index in [-0.39, 0.29) is 60.1 Å². The first-order chi connectivity index (χ1) is 15.5. The number of carbonyl (C=O) groups is 3. The van der Waals surface area contributed by atoms with Crippen LogP contribution in [0.25, 0.3) is 0 Å². The fraction of sp³-hybridized carbons (Fsp3) is 0.450. The molecule has 182 valence electrons. The Bertz CT molecular complexity index is 897. The normalized spacial score (nSPS) is 14.4. The van der Waals surface area contributed by atoms with Gasteiger partial charge >= 0.3 is 6.18 Å². The number of amides is 2. The third kappa shape index (κ3) is 7.88. The van der Waals surface area contributed by atoms with E-state index in [4.69, 9.17) is 18.9 Å². The van der Waals surface area contributed by atoms with Crippen molar-refractivity contribution >= 4 is 55.1 Å². The summed E-state index contributed by atoms with van der Waals surface area (Å²) in [6.07, 6.45) is -4.83. The topological polar surface area (TPSA) is 91.4 Å². The Morgan fingerprint density at radius 2 is 1.42 bits per heavy atom. The molecule has 0 radical (unpaired) electrons. The second kappa shape index (κ2) is 12.6. The Morgan fingerprint density at radius 1 is 0.909 bits per heavy atom. The number of hydrogen-bond donors (Lipinski definition) is 0. The molecule has 1 aliphatic rings. The van der Waals surface area contributed by atoms with E-state index in [9.17, 15) is 27.6 Å². The summed E-state index contributed by atoms with van der Waals surface area (Å²) in [5, 5.41) is 0. The van der Waals surface area contributed by atoms with Crippen molar-refractivity contribution in [3.05, 3.63) is 32.7 Å². The number of imide groups is 1. The van der Waals surface area contributed by atoms with Crippen LogP contribution in [0.2, 0.25) is 0 Å². The van der Waals surface area contributed by atoms with Gasteiger partial charge in [0.05, 0.1) is 44.3 Å². The number of anilines is 1. The molecule has 33 heavy (non-hydrogen) atoms. The van der Waals surface area contributed by atoms with E-state index >= 15 is 0 Å². The molecule has 0 saturated carbocycles. The van der Waals surface area contributed by atoms with Gasteiger partial charge in [0.15, 0.2) is 5.78 Å². The Balaban J connectivity index is 1.84. The molecule has 2 rings (SSSR count). The van der Waals surface area contributed by atoms with Crippen molar-refractivity contribution < 1.29 is 46.5 Å². The lowest BCUT2D eigenvalue weighted by atomic mass is 10.1. The molecule has 0 unspecified atom stereocenters. The van der Waals surface area contributed by atoms with Gasteiger partial charge in [-0.15, -0.1) is 0 Å². The lowest BCUT2D eigenvalue weighted by molar-refractivity contribution is -0.137. The molecule has 8 nitrogen and oxygen atoms in total. The predicted molar refractivity (Wildman–Crippen MR) is 117 cm³/mol. The van der Waals surface area contributed by atoms with Gasteiger partial charge in [-0.25, -0.2) is 4.90 Å². The van der Waals surface area contributed by atoms with Crippen molar-refractivity contribution in [1.29, 1.82) is 0 Å². The van der Waals surface area contributed by atoms with Crippen LogP contribution in [0.5, 0.6) is 5.75 Å². The van der Waals surface area contributed by atoms with Crippen LogP contribution in [0.1, 0.15) is 12.5 Å². The first kappa shape index (κ1) is 27.4. The molecule has 0 aromatic heterocycles. The quantitative estimate of drug-likeness (QED) is 0.252. The van der Waals surface area contributed by atoms with Gasteiger partial charge in [-0.2, -0.15) is 13.2 Å². The molecule has 1 aromatic rings. The molecular weight excluding hydrogens is 583 g/mol. The molecule has 0 atom stereocenters. The van der Waals surface area contributed by atoms with Crippen molar-refractivity contribution in [2.24, 2.45) is 0 Å². The van der Waals surface area contributed by atoms with E-state index in [1.165, 1.54) is 13.0 Å². The molecule has 0 saturated heterocycles. The van der Waals surface area contributed by atoms with Gasteiger partial charge in [-0.3, -0.25) is 14.4 Å². The molecule has 0 spiro atoms. The standard InChI is InChI=1S/C20H20Br2F3NO7/c1-12(27)11-32-7-6-30-4-5-31-8-9-33-13-2-3-15(14(10-13)20(23,24)25)26-18(28)16(21)17(22)19(26)29/h2-3,10H,4-9,11H2,1H3. The molecule has 0 fully saturated rings. The summed E-state index contributed by atoms with van der Waals surface area (Å²) in [5.74, 6) is -2.00. The molecule has 0 aliphatic carbocycles. The summed E-state index contributed by atoms with van der Waals surface area (Å²) >= 11 is 5.78. The minimum atomic E-state index is -4.83. The number of rotatable bonds is 13. The average Bonchev–Trinajstić information content (AvgIpc) is 2.94. The zero-order chi connectivity index (χ0) is 24.6. The highest BCUT2D eigenvalue weighted by molar-refractivity contribution is 9.14. The lowest BCUT2D eigenvalue weighted by Crippen LogP contribution is -2.32. The third-order valence-electron chi connectivity index (χ3n) is 4.03. The molecule has 1 aliphatic heterocycles. The zero-order valence-corrected chi connectivity index (χ0v) is 20.5. The summed E-state index contributed by atoms with van der Waals surface area (Å²) in [7, 11) is 0. The zero-order valence-electron chi connectivity index (χ0n) is 17.4. The highest BCUT2D eigenvalue weighted by Gasteiger charge is 2.43. The first-order valence-electron chi connectivity index (χ1n) is 9.54. The fourth-order valence-corrected chi connectivity index (χ4v) is 3.29. The molecule has 13 heteroatoms. The number of ketones is 1. The van der Waals surface area contributed by atoms with E-state index < -0.39 is 29.2 Å². The van der Waals surface area contributed by atoms with Crippen LogP contribution in [0.15, 0.2) is 27.2 Å². The van der Waals surface area contributed by atoms with Crippen molar-refractivity contribution in [2.75, 3.05) is 51.1 Å². The summed E-state index contributed by atoms with van der Waals surface area (Å²) in [6, 6.07) is 2.96. The van der Waals surface area contributed by atoms with E-state index in [2.05, 4.69) is 31.9 Å². The first-order valence-corrected chi connectivity index (χ1v) is 11.1. The van der Waals surface area contributed by atoms with E-state index in [0.717, 1.165) is 12.1 Å². The highest BCUT2D eigenvalue weighted by Crippen LogP contribution is 2.42. The van der Waals surface area contributed by atoms with Gasteiger partial charge in [0.2, 0.25) is 0 Å². The van der Waals surface area contributed by atoms with Crippen LogP contribution >= 0.6 is 31.9 Å². The second-order valence-electron chi connectivity index (χ2n) is 6.58. The molecule has 0 bridgehead atoms. The van der Waals surface area contributed by atoms with Crippen LogP contribution in [-0.4, -0.2) is 63.8 Å². The van der Waals surface area contributed by atoms with Gasteiger partial charge in [-0.05, 0) is 57.0 Å². The van der Waals surface area contributed by atoms with E-state index in [0.29, 0.717) is 11.5 Å². The van der Waals surface area contributed by atoms with Gasteiger partial charge < -0.3 is 18.9 Å². The highest BCUT2D eigenvalue weighted by atomic mass is 79.9. The van der Waals surface area contributed by atoms with E-state index in [1.807, 2.05) is 0 Å². The summed E-state index contributed by atoms with van der Waals surface area (Å²) in [6.45, 7) is 2.60. The largest absolute Gasteiger partial charge is 0.491 e. The Morgan fingerprint density at radius 3 is 1.94 bits per heavy atom. The Labute approximate surface area is 204 Å². The summed E-state index contributed by atoms with van der Waals surface area (Å²) < 4.78 is 61.3. The lowest BCUT2D eigenvalue weighted by Gasteiger charge is -2.21. The van der Waals surface area contributed by atoms with Gasteiger partial charge in [0.1, 0.15) is 27.9 Å². The number of hydrogen-bond acceptors (Lipinski definition) is 7. The van der Waals surface area contributed by atoms with Gasteiger partial charge in [0, 0.05) is 0 Å². The number of alkyl halides is 3. The van der Waals surface area contributed by atoms with Crippen LogP contribution in [0, 0.1) is 0 Å². The third-order valence-corrected chi connectivity index (χ3v) is 6.04. The maximum atomic E-state index is 13.6. The minimum absolute atomic E-state index is 0.0292.